The zero-order valence-corrected chi connectivity index (χ0v) is 21.3. The van der Waals surface area contributed by atoms with Crippen LogP contribution in [0.1, 0.15) is 60.5 Å². The standard InChI is InChI=1S/C27H29F2N3O4.ClH/c1-15(30)25-24(26(33)31-12-19-6-8-20(28)11-21(19)29)32-27(36-25)18-7-9-22(34-13-16-2-3-16)23(10-18)35-14-17-4-5-17;/h6-11,15-17H,2-5,12-14,30H2,1H3,(H,31,33);1H/t15-;/m0./s1. The number of aromatic nitrogens is 1. The predicted molar refractivity (Wildman–Crippen MR) is 136 cm³/mol. The molecule has 7 nitrogen and oxygen atoms in total. The van der Waals surface area contributed by atoms with E-state index in [2.05, 4.69) is 10.3 Å². The molecule has 1 aromatic heterocycles. The third-order valence-electron chi connectivity index (χ3n) is 6.27. The molecule has 1 atom stereocenters. The van der Waals surface area contributed by atoms with Gasteiger partial charge in [0.25, 0.3) is 5.91 Å². The number of rotatable bonds is 11. The highest BCUT2D eigenvalue weighted by Gasteiger charge is 2.27. The number of hydrogen-bond donors (Lipinski definition) is 2. The lowest BCUT2D eigenvalue weighted by Gasteiger charge is -2.13. The van der Waals surface area contributed by atoms with Gasteiger partial charge < -0.3 is 24.9 Å². The number of nitrogens with zero attached hydrogens (tertiary/aromatic N) is 1. The number of hydrogen-bond acceptors (Lipinski definition) is 6. The van der Waals surface area contributed by atoms with Crippen LogP contribution in [0, 0.1) is 23.5 Å². The van der Waals surface area contributed by atoms with E-state index < -0.39 is 23.6 Å². The van der Waals surface area contributed by atoms with Crippen LogP contribution in [0.5, 0.6) is 11.5 Å². The van der Waals surface area contributed by atoms with Crippen LogP contribution in [0.25, 0.3) is 11.5 Å². The van der Waals surface area contributed by atoms with Gasteiger partial charge in [-0.05, 0) is 68.7 Å². The van der Waals surface area contributed by atoms with Crippen LogP contribution < -0.4 is 20.5 Å². The first-order chi connectivity index (χ1) is 17.4. The van der Waals surface area contributed by atoms with Crippen molar-refractivity contribution < 1.29 is 27.5 Å². The highest BCUT2D eigenvalue weighted by molar-refractivity contribution is 5.94. The van der Waals surface area contributed by atoms with Crippen LogP contribution in [0.2, 0.25) is 0 Å². The summed E-state index contributed by atoms with van der Waals surface area (Å²) in [5.41, 5.74) is 6.82. The van der Waals surface area contributed by atoms with Gasteiger partial charge in [-0.2, -0.15) is 0 Å². The van der Waals surface area contributed by atoms with Crippen LogP contribution in [0.3, 0.4) is 0 Å². The van der Waals surface area contributed by atoms with Gasteiger partial charge in [0.05, 0.1) is 19.3 Å². The fourth-order valence-electron chi connectivity index (χ4n) is 3.71. The molecule has 37 heavy (non-hydrogen) atoms. The maximum Gasteiger partial charge on any atom is 0.273 e. The summed E-state index contributed by atoms with van der Waals surface area (Å²) < 4.78 is 45.1. The SMILES string of the molecule is C[C@H](N)c1oc(-c2ccc(OCC3CC3)c(OCC3CC3)c2)nc1C(=O)NCc1ccc(F)cc1F.Cl. The van der Waals surface area contributed by atoms with Crippen molar-refractivity contribution in [1.82, 2.24) is 10.3 Å². The normalized spacial score (nSPS) is 15.6. The molecule has 10 heteroatoms. The molecule has 5 rings (SSSR count). The van der Waals surface area contributed by atoms with Crippen molar-refractivity contribution in [3.63, 3.8) is 0 Å². The Morgan fingerprint density at radius 1 is 1.08 bits per heavy atom. The molecule has 0 saturated heterocycles. The Morgan fingerprint density at radius 2 is 1.76 bits per heavy atom. The summed E-state index contributed by atoms with van der Waals surface area (Å²) in [6.45, 7) is 2.82. The first kappa shape index (κ1) is 26.9. The number of nitrogens with one attached hydrogen (secondary N) is 1. The Labute approximate surface area is 220 Å². The molecule has 0 unspecified atom stereocenters. The molecule has 1 heterocycles. The molecule has 1 amide bonds. The van der Waals surface area contributed by atoms with Crippen LogP contribution in [0.4, 0.5) is 8.78 Å². The van der Waals surface area contributed by atoms with Gasteiger partial charge in [-0.15, -0.1) is 12.4 Å². The number of carbonyl (C=O) groups is 1. The minimum absolute atomic E-state index is 0. The summed E-state index contributed by atoms with van der Waals surface area (Å²) in [6.07, 6.45) is 4.70. The van der Waals surface area contributed by atoms with E-state index >= 15 is 0 Å². The number of oxazole rings is 1. The highest BCUT2D eigenvalue weighted by atomic mass is 35.5. The number of amides is 1. The van der Waals surface area contributed by atoms with Gasteiger partial charge in [-0.25, -0.2) is 13.8 Å². The molecule has 0 spiro atoms. The number of nitrogens with two attached hydrogens (primary N) is 1. The van der Waals surface area contributed by atoms with Crippen molar-refractivity contribution >= 4 is 18.3 Å². The number of halogens is 3. The maximum atomic E-state index is 14.0. The fraction of sp³-hybridized carbons (Fsp3) is 0.407. The van der Waals surface area contributed by atoms with E-state index in [-0.39, 0.29) is 41.9 Å². The summed E-state index contributed by atoms with van der Waals surface area (Å²) in [6, 6.07) is 8.00. The van der Waals surface area contributed by atoms with E-state index in [1.54, 1.807) is 19.1 Å². The first-order valence-corrected chi connectivity index (χ1v) is 12.3. The number of ether oxygens (including phenoxy) is 2. The fourth-order valence-corrected chi connectivity index (χ4v) is 3.71. The Bertz CT molecular complexity index is 1260. The second kappa shape index (κ2) is 11.5. The molecule has 198 valence electrons. The van der Waals surface area contributed by atoms with Crippen LogP contribution in [-0.2, 0) is 6.54 Å². The van der Waals surface area contributed by atoms with Crippen LogP contribution in [0.15, 0.2) is 40.8 Å². The second-order valence-corrected chi connectivity index (χ2v) is 9.61. The lowest BCUT2D eigenvalue weighted by atomic mass is 10.2. The van der Waals surface area contributed by atoms with Crippen molar-refractivity contribution in [2.24, 2.45) is 17.6 Å². The van der Waals surface area contributed by atoms with E-state index in [4.69, 9.17) is 19.6 Å². The van der Waals surface area contributed by atoms with E-state index in [1.807, 2.05) is 6.07 Å². The number of benzene rings is 2. The molecule has 2 aromatic carbocycles. The zero-order chi connectivity index (χ0) is 25.2. The lowest BCUT2D eigenvalue weighted by Crippen LogP contribution is -2.25. The van der Waals surface area contributed by atoms with E-state index in [0.717, 1.165) is 25.0 Å². The highest BCUT2D eigenvalue weighted by Crippen LogP contribution is 2.38. The molecule has 0 aliphatic heterocycles. The lowest BCUT2D eigenvalue weighted by molar-refractivity contribution is 0.0943. The molecular formula is C27H30ClF2N3O4. The van der Waals surface area contributed by atoms with Gasteiger partial charge in [0.1, 0.15) is 11.6 Å². The molecule has 2 saturated carbocycles. The largest absolute Gasteiger partial charge is 0.489 e. The molecular weight excluding hydrogens is 504 g/mol. The average molecular weight is 534 g/mol. The van der Waals surface area contributed by atoms with Gasteiger partial charge >= 0.3 is 0 Å². The molecule has 3 aromatic rings. The van der Waals surface area contributed by atoms with Gasteiger partial charge in [-0.1, -0.05) is 6.07 Å². The third-order valence-corrected chi connectivity index (χ3v) is 6.27. The summed E-state index contributed by atoms with van der Waals surface area (Å²) in [5.74, 6) is 0.864. The maximum absolute atomic E-state index is 14.0. The Balaban J connectivity index is 0.00000320. The van der Waals surface area contributed by atoms with Gasteiger partial charge in [0, 0.05) is 23.7 Å². The van der Waals surface area contributed by atoms with Crippen molar-refractivity contribution in [2.75, 3.05) is 13.2 Å². The summed E-state index contributed by atoms with van der Waals surface area (Å²) in [7, 11) is 0. The Morgan fingerprint density at radius 3 is 2.38 bits per heavy atom. The van der Waals surface area contributed by atoms with Gasteiger partial charge in [0.2, 0.25) is 5.89 Å². The van der Waals surface area contributed by atoms with Gasteiger partial charge in [-0.3, -0.25) is 4.79 Å². The summed E-state index contributed by atoms with van der Waals surface area (Å²) >= 11 is 0. The topological polar surface area (TPSA) is 99.6 Å². The minimum atomic E-state index is -0.744. The van der Waals surface area contributed by atoms with Crippen molar-refractivity contribution in [3.05, 3.63) is 65.1 Å². The molecule has 3 N–H and O–H groups in total. The third kappa shape index (κ3) is 6.78. The predicted octanol–water partition coefficient (Wildman–Crippen LogP) is 5.57. The smallest absolute Gasteiger partial charge is 0.273 e. The summed E-state index contributed by atoms with van der Waals surface area (Å²) in [4.78, 5) is 17.3. The monoisotopic (exact) mass is 533 g/mol. The van der Waals surface area contributed by atoms with E-state index in [9.17, 15) is 13.6 Å². The van der Waals surface area contributed by atoms with Crippen LogP contribution >= 0.6 is 12.4 Å². The first-order valence-electron chi connectivity index (χ1n) is 12.3. The molecule has 0 bridgehead atoms. The Kier molecular flexibility index (Phi) is 8.34. The average Bonchev–Trinajstić information content (AvgIpc) is 3.79. The molecule has 2 aliphatic carbocycles. The molecule has 2 fully saturated rings. The number of carbonyl (C=O) groups excluding carboxylic acids is 1. The molecule has 0 radical (unpaired) electrons. The zero-order valence-electron chi connectivity index (χ0n) is 20.5. The second-order valence-electron chi connectivity index (χ2n) is 9.61. The van der Waals surface area contributed by atoms with E-state index in [0.29, 0.717) is 42.1 Å². The summed E-state index contributed by atoms with van der Waals surface area (Å²) in [5, 5.41) is 2.60. The quantitative estimate of drug-likeness (QED) is 0.334. The van der Waals surface area contributed by atoms with Crippen LogP contribution in [-0.4, -0.2) is 24.1 Å². The van der Waals surface area contributed by atoms with Crippen molar-refractivity contribution in [2.45, 2.75) is 45.2 Å². The van der Waals surface area contributed by atoms with E-state index in [1.165, 1.54) is 18.9 Å². The Hall–Kier alpha value is -3.17. The molecule has 2 aliphatic rings. The van der Waals surface area contributed by atoms with Gasteiger partial charge in [0.15, 0.2) is 23.0 Å². The van der Waals surface area contributed by atoms with Crippen molar-refractivity contribution in [1.29, 1.82) is 0 Å². The van der Waals surface area contributed by atoms with Crippen molar-refractivity contribution in [3.8, 4) is 23.0 Å². The minimum Gasteiger partial charge on any atom is -0.489 e.